The van der Waals surface area contributed by atoms with E-state index in [1.807, 2.05) is 6.20 Å². The van der Waals surface area contributed by atoms with Gasteiger partial charge in [-0.2, -0.15) is 5.10 Å². The number of hydrogen-bond donors (Lipinski definition) is 1. The van der Waals surface area contributed by atoms with Crippen LogP contribution in [0.4, 0.5) is 0 Å². The molecule has 2 rings (SSSR count). The number of rotatable bonds is 5. The SMILES string of the molecule is CCC1CCC(CNC)C(c2ccnn2CC)C1. The van der Waals surface area contributed by atoms with Crippen molar-refractivity contribution in [1.29, 1.82) is 0 Å². The quantitative estimate of drug-likeness (QED) is 0.869. The van der Waals surface area contributed by atoms with E-state index in [4.69, 9.17) is 0 Å². The highest BCUT2D eigenvalue weighted by Crippen LogP contribution is 2.41. The smallest absolute Gasteiger partial charge is 0.0492 e. The minimum atomic E-state index is 0.693. The van der Waals surface area contributed by atoms with Crippen molar-refractivity contribution < 1.29 is 0 Å². The second-order valence-corrected chi connectivity index (χ2v) is 5.58. The molecule has 0 aliphatic heterocycles. The highest BCUT2D eigenvalue weighted by Gasteiger charge is 2.32. The first kappa shape index (κ1) is 13.6. The Morgan fingerprint density at radius 1 is 1.39 bits per heavy atom. The van der Waals surface area contributed by atoms with Crippen LogP contribution in [0, 0.1) is 11.8 Å². The average molecular weight is 249 g/mol. The molecule has 18 heavy (non-hydrogen) atoms. The molecule has 1 fully saturated rings. The molecule has 0 spiro atoms. The second-order valence-electron chi connectivity index (χ2n) is 5.58. The van der Waals surface area contributed by atoms with Gasteiger partial charge in [0, 0.05) is 24.4 Å². The second kappa shape index (κ2) is 6.37. The van der Waals surface area contributed by atoms with Gasteiger partial charge in [-0.3, -0.25) is 4.68 Å². The molecule has 1 aliphatic carbocycles. The van der Waals surface area contributed by atoms with Gasteiger partial charge in [0.05, 0.1) is 0 Å². The first-order valence-corrected chi connectivity index (χ1v) is 7.46. The van der Waals surface area contributed by atoms with Crippen LogP contribution >= 0.6 is 0 Å². The number of nitrogens with one attached hydrogen (secondary N) is 1. The zero-order valence-corrected chi connectivity index (χ0v) is 12.0. The van der Waals surface area contributed by atoms with E-state index in [1.54, 1.807) is 0 Å². The molecule has 1 aromatic rings. The van der Waals surface area contributed by atoms with Gasteiger partial charge in [0.15, 0.2) is 0 Å². The molecular weight excluding hydrogens is 222 g/mol. The normalized spacial score (nSPS) is 28.5. The number of aryl methyl sites for hydroxylation is 1. The third-order valence-electron chi connectivity index (χ3n) is 4.57. The Hall–Kier alpha value is -0.830. The molecule has 3 atom stereocenters. The van der Waals surface area contributed by atoms with Gasteiger partial charge >= 0.3 is 0 Å². The van der Waals surface area contributed by atoms with E-state index in [-0.39, 0.29) is 0 Å². The van der Waals surface area contributed by atoms with Gasteiger partial charge in [-0.05, 0) is 51.3 Å². The standard InChI is InChI=1S/C15H27N3/c1-4-12-6-7-13(11-16-3)14(10-12)15-8-9-17-18(15)5-2/h8-9,12-14,16H,4-7,10-11H2,1-3H3. The van der Waals surface area contributed by atoms with Gasteiger partial charge in [-0.25, -0.2) is 0 Å². The summed E-state index contributed by atoms with van der Waals surface area (Å²) in [6, 6.07) is 2.23. The van der Waals surface area contributed by atoms with Crippen molar-refractivity contribution >= 4 is 0 Å². The molecule has 102 valence electrons. The van der Waals surface area contributed by atoms with E-state index < -0.39 is 0 Å². The molecule has 3 heteroatoms. The third kappa shape index (κ3) is 2.77. The lowest BCUT2D eigenvalue weighted by Gasteiger charge is -2.36. The van der Waals surface area contributed by atoms with Crippen molar-refractivity contribution in [1.82, 2.24) is 15.1 Å². The van der Waals surface area contributed by atoms with Crippen molar-refractivity contribution in [2.24, 2.45) is 11.8 Å². The van der Waals surface area contributed by atoms with Crippen LogP contribution in [-0.4, -0.2) is 23.4 Å². The number of hydrogen-bond acceptors (Lipinski definition) is 2. The Morgan fingerprint density at radius 3 is 2.89 bits per heavy atom. The maximum Gasteiger partial charge on any atom is 0.0492 e. The first-order valence-electron chi connectivity index (χ1n) is 7.46. The van der Waals surface area contributed by atoms with E-state index in [2.05, 4.69) is 42.1 Å². The van der Waals surface area contributed by atoms with Gasteiger partial charge in [0.1, 0.15) is 0 Å². The van der Waals surface area contributed by atoms with Gasteiger partial charge < -0.3 is 5.32 Å². The van der Waals surface area contributed by atoms with Crippen molar-refractivity contribution in [3.63, 3.8) is 0 Å². The largest absolute Gasteiger partial charge is 0.319 e. The highest BCUT2D eigenvalue weighted by atomic mass is 15.3. The minimum absolute atomic E-state index is 0.693. The molecule has 3 unspecified atom stereocenters. The Morgan fingerprint density at radius 2 is 2.22 bits per heavy atom. The zero-order valence-electron chi connectivity index (χ0n) is 12.0. The predicted octanol–water partition coefficient (Wildman–Crippen LogP) is 3.03. The van der Waals surface area contributed by atoms with Gasteiger partial charge in [0.2, 0.25) is 0 Å². The van der Waals surface area contributed by atoms with Gasteiger partial charge in [-0.1, -0.05) is 19.8 Å². The number of aromatic nitrogens is 2. The minimum Gasteiger partial charge on any atom is -0.319 e. The summed E-state index contributed by atoms with van der Waals surface area (Å²) in [6.07, 6.45) is 7.39. The molecule has 0 aromatic carbocycles. The van der Waals surface area contributed by atoms with E-state index in [1.165, 1.54) is 31.4 Å². The van der Waals surface area contributed by atoms with Gasteiger partial charge in [0.25, 0.3) is 0 Å². The summed E-state index contributed by atoms with van der Waals surface area (Å²) in [5.41, 5.74) is 1.45. The Kier molecular flexibility index (Phi) is 4.81. The maximum atomic E-state index is 4.45. The number of nitrogens with zero attached hydrogens (tertiary/aromatic N) is 2. The molecule has 1 saturated carbocycles. The maximum absolute atomic E-state index is 4.45. The van der Waals surface area contributed by atoms with Gasteiger partial charge in [-0.15, -0.1) is 0 Å². The first-order chi connectivity index (χ1) is 8.80. The fourth-order valence-corrected chi connectivity index (χ4v) is 3.48. The Labute approximate surface area is 111 Å². The van der Waals surface area contributed by atoms with Crippen molar-refractivity contribution in [3.8, 4) is 0 Å². The van der Waals surface area contributed by atoms with Crippen LogP contribution in [0.3, 0.4) is 0 Å². The van der Waals surface area contributed by atoms with Crippen LogP contribution in [0.15, 0.2) is 12.3 Å². The highest BCUT2D eigenvalue weighted by molar-refractivity contribution is 5.11. The van der Waals surface area contributed by atoms with Crippen molar-refractivity contribution in [2.45, 2.75) is 52.0 Å². The van der Waals surface area contributed by atoms with Crippen LogP contribution in [0.5, 0.6) is 0 Å². The summed E-state index contributed by atoms with van der Waals surface area (Å²) < 4.78 is 2.19. The van der Waals surface area contributed by atoms with Crippen LogP contribution in [0.2, 0.25) is 0 Å². The molecule has 1 N–H and O–H groups in total. The summed E-state index contributed by atoms with van der Waals surface area (Å²) in [7, 11) is 2.07. The molecule has 1 heterocycles. The predicted molar refractivity (Wildman–Crippen MR) is 75.7 cm³/mol. The van der Waals surface area contributed by atoms with E-state index in [0.717, 1.165) is 24.9 Å². The molecule has 0 saturated heterocycles. The molecule has 3 nitrogen and oxygen atoms in total. The van der Waals surface area contributed by atoms with Crippen molar-refractivity contribution in [3.05, 3.63) is 18.0 Å². The summed E-state index contributed by atoms with van der Waals surface area (Å²) in [4.78, 5) is 0. The van der Waals surface area contributed by atoms with Crippen LogP contribution in [0.25, 0.3) is 0 Å². The topological polar surface area (TPSA) is 29.9 Å². The summed E-state index contributed by atoms with van der Waals surface area (Å²) in [5, 5.41) is 7.82. The average Bonchev–Trinajstić information content (AvgIpc) is 2.87. The lowest BCUT2D eigenvalue weighted by molar-refractivity contribution is 0.220. The fraction of sp³-hybridized carbons (Fsp3) is 0.800. The van der Waals surface area contributed by atoms with E-state index in [0.29, 0.717) is 5.92 Å². The molecule has 1 aliphatic rings. The lowest BCUT2D eigenvalue weighted by Crippen LogP contribution is -2.31. The Bertz CT molecular complexity index is 358. The monoisotopic (exact) mass is 249 g/mol. The van der Waals surface area contributed by atoms with Crippen LogP contribution in [0.1, 0.15) is 51.1 Å². The van der Waals surface area contributed by atoms with E-state index in [9.17, 15) is 0 Å². The molecule has 0 amide bonds. The van der Waals surface area contributed by atoms with Crippen LogP contribution in [-0.2, 0) is 6.54 Å². The zero-order chi connectivity index (χ0) is 13.0. The lowest BCUT2D eigenvalue weighted by atomic mass is 9.71. The molecule has 0 radical (unpaired) electrons. The molecular formula is C15H27N3. The van der Waals surface area contributed by atoms with E-state index >= 15 is 0 Å². The Balaban J connectivity index is 2.18. The third-order valence-corrected chi connectivity index (χ3v) is 4.57. The molecule has 1 aromatic heterocycles. The molecule has 0 bridgehead atoms. The fourth-order valence-electron chi connectivity index (χ4n) is 3.48. The summed E-state index contributed by atoms with van der Waals surface area (Å²) >= 11 is 0. The summed E-state index contributed by atoms with van der Waals surface area (Å²) in [5.74, 6) is 2.38. The summed E-state index contributed by atoms with van der Waals surface area (Å²) in [6.45, 7) is 6.64. The van der Waals surface area contributed by atoms with Crippen molar-refractivity contribution in [2.75, 3.05) is 13.6 Å². The van der Waals surface area contributed by atoms with Crippen LogP contribution < -0.4 is 5.32 Å².